The number of rotatable bonds is 5. The Morgan fingerprint density at radius 2 is 2.05 bits per heavy atom. The van der Waals surface area contributed by atoms with E-state index in [0.717, 1.165) is 14.9 Å². The van der Waals surface area contributed by atoms with Gasteiger partial charge in [0.1, 0.15) is 0 Å². The first-order valence-corrected chi connectivity index (χ1v) is 8.07. The number of anilines is 1. The molecule has 1 heterocycles. The van der Waals surface area contributed by atoms with Crippen LogP contribution in [0.15, 0.2) is 40.2 Å². The molecule has 1 aromatic carbocycles. The first-order chi connectivity index (χ1) is 10.0. The van der Waals surface area contributed by atoms with E-state index < -0.39 is 0 Å². The maximum Gasteiger partial charge on any atom is 0.243 e. The third kappa shape index (κ3) is 4.99. The van der Waals surface area contributed by atoms with Crippen LogP contribution in [0, 0.1) is 6.92 Å². The van der Waals surface area contributed by atoms with Crippen molar-refractivity contribution >= 4 is 44.8 Å². The minimum Gasteiger partial charge on any atom is -0.347 e. The summed E-state index contributed by atoms with van der Waals surface area (Å²) in [6, 6.07) is 9.37. The Bertz CT molecular complexity index is 641. The number of thiophene rings is 1. The number of amides is 2. The van der Waals surface area contributed by atoms with Crippen LogP contribution in [0.2, 0.25) is 0 Å². The lowest BCUT2D eigenvalue weighted by molar-refractivity contribution is -0.123. The summed E-state index contributed by atoms with van der Waals surface area (Å²) >= 11 is 4.94. The molecule has 0 aliphatic carbocycles. The lowest BCUT2D eigenvalue weighted by atomic mass is 10.2. The Morgan fingerprint density at radius 1 is 1.24 bits per heavy atom. The van der Waals surface area contributed by atoms with Gasteiger partial charge in [0.05, 0.1) is 13.0 Å². The van der Waals surface area contributed by atoms with E-state index in [4.69, 9.17) is 0 Å². The van der Waals surface area contributed by atoms with Gasteiger partial charge in [0, 0.05) is 15.0 Å². The molecule has 0 aliphatic rings. The smallest absolute Gasteiger partial charge is 0.243 e. The first kappa shape index (κ1) is 15.7. The van der Waals surface area contributed by atoms with Crippen LogP contribution in [-0.2, 0) is 16.0 Å². The molecule has 2 aromatic rings. The fourth-order valence-corrected chi connectivity index (χ4v) is 2.77. The van der Waals surface area contributed by atoms with Gasteiger partial charge in [-0.15, -0.1) is 11.3 Å². The molecule has 0 atom stereocenters. The van der Waals surface area contributed by atoms with Crippen LogP contribution >= 0.6 is 27.3 Å². The fraction of sp³-hybridized carbons (Fsp3) is 0.200. The van der Waals surface area contributed by atoms with Crippen molar-refractivity contribution in [3.8, 4) is 0 Å². The molecule has 0 saturated carbocycles. The summed E-state index contributed by atoms with van der Waals surface area (Å²) in [6.07, 6.45) is 0.307. The van der Waals surface area contributed by atoms with E-state index in [2.05, 4.69) is 26.6 Å². The molecule has 0 bridgehead atoms. The number of carbonyl (C=O) groups excluding carboxylic acids is 2. The number of hydrogen-bond acceptors (Lipinski definition) is 3. The maximum absolute atomic E-state index is 11.8. The average Bonchev–Trinajstić information content (AvgIpc) is 2.93. The molecule has 1 aromatic heterocycles. The number of aryl methyl sites for hydroxylation is 1. The minimum atomic E-state index is -0.245. The van der Waals surface area contributed by atoms with Gasteiger partial charge in [-0.25, -0.2) is 0 Å². The van der Waals surface area contributed by atoms with E-state index in [1.807, 2.05) is 42.6 Å². The SMILES string of the molecule is Cc1ccc(NC(=O)CNC(=O)Cc2cccs2)cc1Br. The van der Waals surface area contributed by atoms with E-state index in [1.54, 1.807) is 0 Å². The molecule has 4 nitrogen and oxygen atoms in total. The molecule has 2 N–H and O–H groups in total. The molecular formula is C15H15BrN2O2S. The predicted octanol–water partition coefficient (Wildman–Crippen LogP) is 3.12. The van der Waals surface area contributed by atoms with E-state index in [9.17, 15) is 9.59 Å². The number of benzene rings is 1. The Labute approximate surface area is 135 Å². The Hall–Kier alpha value is -1.66. The van der Waals surface area contributed by atoms with Crippen LogP contribution < -0.4 is 10.6 Å². The number of nitrogens with one attached hydrogen (secondary N) is 2. The van der Waals surface area contributed by atoms with Gasteiger partial charge in [0.25, 0.3) is 0 Å². The third-order valence-electron chi connectivity index (χ3n) is 2.82. The monoisotopic (exact) mass is 366 g/mol. The average molecular weight is 367 g/mol. The fourth-order valence-electron chi connectivity index (χ4n) is 1.69. The zero-order valence-corrected chi connectivity index (χ0v) is 13.9. The summed E-state index contributed by atoms with van der Waals surface area (Å²) in [5.74, 6) is -0.400. The molecule has 0 radical (unpaired) electrons. The van der Waals surface area contributed by atoms with Crippen molar-refractivity contribution in [1.29, 1.82) is 0 Å². The zero-order valence-electron chi connectivity index (χ0n) is 11.5. The van der Waals surface area contributed by atoms with E-state index >= 15 is 0 Å². The molecule has 0 saturated heterocycles. The van der Waals surface area contributed by atoms with Crippen molar-refractivity contribution < 1.29 is 9.59 Å². The van der Waals surface area contributed by atoms with Gasteiger partial charge >= 0.3 is 0 Å². The highest BCUT2D eigenvalue weighted by Crippen LogP contribution is 2.20. The van der Waals surface area contributed by atoms with Gasteiger partial charge in [0.2, 0.25) is 11.8 Å². The van der Waals surface area contributed by atoms with Gasteiger partial charge in [-0.05, 0) is 36.1 Å². The predicted molar refractivity (Wildman–Crippen MR) is 88.5 cm³/mol. The number of carbonyl (C=O) groups is 2. The summed E-state index contributed by atoms with van der Waals surface area (Å²) in [6.45, 7) is 1.94. The van der Waals surface area contributed by atoms with Crippen LogP contribution in [-0.4, -0.2) is 18.4 Å². The topological polar surface area (TPSA) is 58.2 Å². The molecule has 6 heteroatoms. The normalized spacial score (nSPS) is 10.2. The van der Waals surface area contributed by atoms with E-state index in [1.165, 1.54) is 11.3 Å². The lowest BCUT2D eigenvalue weighted by Crippen LogP contribution is -2.33. The third-order valence-corrected chi connectivity index (χ3v) is 4.55. The Kier molecular flexibility index (Phi) is 5.52. The highest BCUT2D eigenvalue weighted by atomic mass is 79.9. The summed E-state index contributed by atoms with van der Waals surface area (Å²) in [5.41, 5.74) is 1.79. The molecule has 2 amide bonds. The van der Waals surface area contributed by atoms with Crippen molar-refractivity contribution in [2.75, 3.05) is 11.9 Å². The molecule has 110 valence electrons. The number of hydrogen-bond donors (Lipinski definition) is 2. The molecule has 21 heavy (non-hydrogen) atoms. The Morgan fingerprint density at radius 3 is 2.71 bits per heavy atom. The number of halogens is 1. The second-order valence-electron chi connectivity index (χ2n) is 4.55. The molecular weight excluding hydrogens is 352 g/mol. The van der Waals surface area contributed by atoms with Crippen molar-refractivity contribution in [3.63, 3.8) is 0 Å². The van der Waals surface area contributed by atoms with Gasteiger partial charge in [-0.2, -0.15) is 0 Å². The summed E-state index contributed by atoms with van der Waals surface area (Å²) in [5, 5.41) is 7.28. The summed E-state index contributed by atoms with van der Waals surface area (Å²) < 4.78 is 0.932. The highest BCUT2D eigenvalue weighted by molar-refractivity contribution is 9.10. The first-order valence-electron chi connectivity index (χ1n) is 6.39. The maximum atomic E-state index is 11.8. The van der Waals surface area contributed by atoms with E-state index in [-0.39, 0.29) is 18.4 Å². The van der Waals surface area contributed by atoms with Crippen molar-refractivity contribution in [3.05, 3.63) is 50.6 Å². The van der Waals surface area contributed by atoms with Gasteiger partial charge in [-0.1, -0.05) is 28.1 Å². The largest absolute Gasteiger partial charge is 0.347 e. The van der Waals surface area contributed by atoms with Crippen molar-refractivity contribution in [2.45, 2.75) is 13.3 Å². The molecule has 2 rings (SSSR count). The highest BCUT2D eigenvalue weighted by Gasteiger charge is 2.08. The van der Waals surface area contributed by atoms with Crippen molar-refractivity contribution in [1.82, 2.24) is 5.32 Å². The molecule has 0 spiro atoms. The molecule has 0 fully saturated rings. The second-order valence-corrected chi connectivity index (χ2v) is 6.43. The van der Waals surface area contributed by atoms with Crippen LogP contribution in [0.25, 0.3) is 0 Å². The second kappa shape index (κ2) is 7.38. The van der Waals surface area contributed by atoms with Gasteiger partial charge < -0.3 is 10.6 Å². The summed E-state index contributed by atoms with van der Waals surface area (Å²) in [7, 11) is 0. The van der Waals surface area contributed by atoms with Gasteiger partial charge in [-0.3, -0.25) is 9.59 Å². The van der Waals surface area contributed by atoms with Crippen LogP contribution in [0.3, 0.4) is 0 Å². The van der Waals surface area contributed by atoms with Crippen LogP contribution in [0.4, 0.5) is 5.69 Å². The Balaban J connectivity index is 1.79. The quantitative estimate of drug-likeness (QED) is 0.853. The lowest BCUT2D eigenvalue weighted by Gasteiger charge is -2.08. The zero-order chi connectivity index (χ0) is 15.2. The van der Waals surface area contributed by atoms with E-state index in [0.29, 0.717) is 12.1 Å². The molecule has 0 aliphatic heterocycles. The minimum absolute atomic E-state index is 0.0320. The van der Waals surface area contributed by atoms with Crippen molar-refractivity contribution in [2.24, 2.45) is 0 Å². The van der Waals surface area contributed by atoms with Crippen LogP contribution in [0.1, 0.15) is 10.4 Å². The van der Waals surface area contributed by atoms with Gasteiger partial charge in [0.15, 0.2) is 0 Å². The summed E-state index contributed by atoms with van der Waals surface area (Å²) in [4.78, 5) is 24.4. The standard InChI is InChI=1S/C15H15BrN2O2S/c1-10-4-5-11(7-13(10)16)18-15(20)9-17-14(19)8-12-3-2-6-21-12/h2-7H,8-9H2,1H3,(H,17,19)(H,18,20). The molecule has 0 unspecified atom stereocenters. The van der Waals surface area contributed by atoms with Crippen LogP contribution in [0.5, 0.6) is 0 Å².